The molecule has 2 N–H and O–H groups in total. The Morgan fingerprint density at radius 1 is 1.02 bits per heavy atom. The van der Waals surface area contributed by atoms with Crippen LogP contribution in [0.2, 0.25) is 0 Å². The van der Waals surface area contributed by atoms with Gasteiger partial charge in [0.1, 0.15) is 18.2 Å². The van der Waals surface area contributed by atoms with E-state index in [0.29, 0.717) is 39.3 Å². The number of benzene rings is 1. The Balaban J connectivity index is 1.38. The number of rotatable bonds is 7. The molecule has 254 valence electrons. The van der Waals surface area contributed by atoms with Gasteiger partial charge in [-0.2, -0.15) is 0 Å². The number of carbonyl (C=O) groups excluding carboxylic acids is 4. The molecule has 47 heavy (non-hydrogen) atoms. The summed E-state index contributed by atoms with van der Waals surface area (Å²) in [5.41, 5.74) is -0.681. The quantitative estimate of drug-likeness (QED) is 0.328. The predicted molar refractivity (Wildman–Crippen MR) is 171 cm³/mol. The molecule has 12 nitrogen and oxygen atoms in total. The van der Waals surface area contributed by atoms with E-state index < -0.39 is 47.6 Å². The van der Waals surface area contributed by atoms with Crippen molar-refractivity contribution in [3.05, 3.63) is 60.2 Å². The first kappa shape index (κ1) is 33.3. The standard InChI is InChI=1S/C35H46N4O8/c1-23(2)26(21-40)39-31-34(44)38(16-15-37-17-19-45-20-18-37)14-8-13-35(31)30(33(39)43)29-27(47-35)11-6-7-12-28(41)46-22-25(36-32(29)42)24-9-4-3-5-10-24/h3-6,8-11,13,23,25-27,29-31,40H,7,12,14-22H2,1-2H3,(H,36,42)/b11-6-/t25-,26-,27+,29-,30-,31+,35-/m0/s1. The third-order valence-electron chi connectivity index (χ3n) is 10.2. The SMILES string of the molecule is CC(C)[C@H](CO)N1C(=O)[C@@H]2[C@H]3C(=O)N[C@H](c4ccccc4)COC(=O)CC/C=C\[C@H]3O[C@@]23C=CCN(CCN2CCOCC2)C(=O)[C@@H]13. The normalized spacial score (nSPS) is 33.2. The molecule has 0 saturated carbocycles. The average Bonchev–Trinajstić information content (AvgIpc) is 3.46. The van der Waals surface area contributed by atoms with Gasteiger partial charge in [-0.15, -0.1) is 0 Å². The summed E-state index contributed by atoms with van der Waals surface area (Å²) in [6.45, 7) is 7.71. The van der Waals surface area contributed by atoms with E-state index >= 15 is 0 Å². The summed E-state index contributed by atoms with van der Waals surface area (Å²) < 4.78 is 17.8. The minimum absolute atomic E-state index is 0.0640. The van der Waals surface area contributed by atoms with E-state index in [1.54, 1.807) is 17.1 Å². The van der Waals surface area contributed by atoms with E-state index in [9.17, 15) is 24.3 Å². The maximum absolute atomic E-state index is 14.7. The van der Waals surface area contributed by atoms with Gasteiger partial charge in [-0.25, -0.2) is 0 Å². The number of nitrogens with one attached hydrogen (secondary N) is 1. The molecule has 1 aromatic carbocycles. The Morgan fingerprint density at radius 2 is 1.79 bits per heavy atom. The molecule has 6 rings (SSSR count). The molecular formula is C35H46N4O8. The van der Waals surface area contributed by atoms with Crippen LogP contribution in [0, 0.1) is 17.8 Å². The third kappa shape index (κ3) is 6.48. The minimum Gasteiger partial charge on any atom is -0.463 e. The smallest absolute Gasteiger partial charge is 0.306 e. The second kappa shape index (κ2) is 14.3. The van der Waals surface area contributed by atoms with E-state index in [1.807, 2.05) is 56.3 Å². The predicted octanol–water partition coefficient (Wildman–Crippen LogP) is 1.07. The third-order valence-corrected chi connectivity index (χ3v) is 10.2. The van der Waals surface area contributed by atoms with Crippen LogP contribution in [0.15, 0.2) is 54.6 Å². The summed E-state index contributed by atoms with van der Waals surface area (Å²) in [5, 5.41) is 13.6. The second-order valence-corrected chi connectivity index (χ2v) is 13.3. The molecule has 5 heterocycles. The number of cyclic esters (lactones) is 1. The molecule has 5 aliphatic rings. The molecule has 1 spiro atoms. The van der Waals surface area contributed by atoms with Crippen LogP contribution in [0.3, 0.4) is 0 Å². The highest BCUT2D eigenvalue weighted by molar-refractivity contribution is 6.00. The summed E-state index contributed by atoms with van der Waals surface area (Å²) in [6, 6.07) is 6.86. The van der Waals surface area contributed by atoms with Gasteiger partial charge < -0.3 is 34.4 Å². The first-order chi connectivity index (χ1) is 22.7. The zero-order valence-corrected chi connectivity index (χ0v) is 27.2. The summed E-state index contributed by atoms with van der Waals surface area (Å²) >= 11 is 0. The maximum Gasteiger partial charge on any atom is 0.306 e. The van der Waals surface area contributed by atoms with Gasteiger partial charge in [0.05, 0.1) is 49.8 Å². The summed E-state index contributed by atoms with van der Waals surface area (Å²) in [4.78, 5) is 61.8. The largest absolute Gasteiger partial charge is 0.463 e. The van der Waals surface area contributed by atoms with Gasteiger partial charge in [0.25, 0.3) is 0 Å². The van der Waals surface area contributed by atoms with Crippen molar-refractivity contribution in [2.24, 2.45) is 17.8 Å². The molecule has 0 radical (unpaired) electrons. The molecule has 0 bridgehead atoms. The number of fused-ring (bicyclic) bond motifs is 2. The number of likely N-dealkylation sites (tertiary alicyclic amines) is 1. The number of carbonyl (C=O) groups is 4. The zero-order valence-electron chi connectivity index (χ0n) is 27.2. The molecule has 12 heteroatoms. The number of aliphatic hydroxyl groups is 1. The number of esters is 1. The van der Waals surface area contributed by atoms with Gasteiger partial charge in [0, 0.05) is 39.1 Å². The Kier molecular flexibility index (Phi) is 10.1. The van der Waals surface area contributed by atoms with Crippen molar-refractivity contribution < 1.29 is 38.5 Å². The molecule has 0 unspecified atom stereocenters. The fourth-order valence-corrected chi connectivity index (χ4v) is 7.69. The van der Waals surface area contributed by atoms with Crippen LogP contribution in [0.25, 0.3) is 0 Å². The Labute approximate surface area is 275 Å². The number of nitrogens with zero attached hydrogens (tertiary/aromatic N) is 3. The van der Waals surface area contributed by atoms with Gasteiger partial charge in [-0.3, -0.25) is 24.1 Å². The van der Waals surface area contributed by atoms with E-state index in [0.717, 1.165) is 18.7 Å². The minimum atomic E-state index is -1.43. The first-order valence-corrected chi connectivity index (χ1v) is 16.8. The van der Waals surface area contributed by atoms with E-state index in [1.165, 1.54) is 4.90 Å². The van der Waals surface area contributed by atoms with Crippen LogP contribution in [-0.4, -0.2) is 126 Å². The lowest BCUT2D eigenvalue weighted by molar-refractivity contribution is -0.152. The molecule has 3 fully saturated rings. The number of aliphatic hydroxyl groups excluding tert-OH is 1. The number of ether oxygens (including phenoxy) is 3. The zero-order chi connectivity index (χ0) is 33.1. The van der Waals surface area contributed by atoms with Crippen LogP contribution in [-0.2, 0) is 33.4 Å². The molecule has 0 aromatic heterocycles. The number of amides is 3. The Bertz CT molecular complexity index is 1380. The highest BCUT2D eigenvalue weighted by Crippen LogP contribution is 2.53. The Hall–Kier alpha value is -3.58. The van der Waals surface area contributed by atoms with Gasteiger partial charge in [-0.1, -0.05) is 68.5 Å². The van der Waals surface area contributed by atoms with Gasteiger partial charge in [-0.05, 0) is 17.9 Å². The molecule has 1 aromatic rings. The number of allylic oxidation sites excluding steroid dienone is 1. The molecular weight excluding hydrogens is 604 g/mol. The van der Waals surface area contributed by atoms with E-state index in [2.05, 4.69) is 10.2 Å². The van der Waals surface area contributed by atoms with Crippen molar-refractivity contribution in [1.82, 2.24) is 20.0 Å². The van der Waals surface area contributed by atoms with Crippen LogP contribution in [0.4, 0.5) is 0 Å². The first-order valence-electron chi connectivity index (χ1n) is 16.8. The van der Waals surface area contributed by atoms with Crippen molar-refractivity contribution in [2.45, 2.75) is 56.5 Å². The van der Waals surface area contributed by atoms with E-state index in [4.69, 9.17) is 14.2 Å². The summed E-state index contributed by atoms with van der Waals surface area (Å²) in [6.07, 6.45) is 6.89. The summed E-state index contributed by atoms with van der Waals surface area (Å²) in [5.74, 6) is -3.62. The highest BCUT2D eigenvalue weighted by Gasteiger charge is 2.72. The van der Waals surface area contributed by atoms with Crippen molar-refractivity contribution in [2.75, 3.05) is 59.2 Å². The van der Waals surface area contributed by atoms with Crippen molar-refractivity contribution >= 4 is 23.7 Å². The second-order valence-electron chi connectivity index (χ2n) is 13.3. The van der Waals surface area contributed by atoms with Crippen LogP contribution in [0.1, 0.15) is 38.3 Å². The van der Waals surface area contributed by atoms with Gasteiger partial charge in [0.15, 0.2) is 0 Å². The van der Waals surface area contributed by atoms with Gasteiger partial charge in [0.2, 0.25) is 17.7 Å². The van der Waals surface area contributed by atoms with E-state index in [-0.39, 0.29) is 43.3 Å². The molecule has 3 saturated heterocycles. The molecule has 5 aliphatic heterocycles. The lowest BCUT2D eigenvalue weighted by atomic mass is 9.77. The van der Waals surface area contributed by atoms with Crippen molar-refractivity contribution in [3.63, 3.8) is 0 Å². The van der Waals surface area contributed by atoms with Crippen molar-refractivity contribution in [3.8, 4) is 0 Å². The average molecular weight is 651 g/mol. The van der Waals surface area contributed by atoms with Gasteiger partial charge >= 0.3 is 5.97 Å². The summed E-state index contributed by atoms with van der Waals surface area (Å²) in [7, 11) is 0. The monoisotopic (exact) mass is 650 g/mol. The lowest BCUT2D eigenvalue weighted by Crippen LogP contribution is -2.59. The van der Waals surface area contributed by atoms with Crippen LogP contribution < -0.4 is 5.32 Å². The maximum atomic E-state index is 14.7. The molecule has 0 aliphatic carbocycles. The van der Waals surface area contributed by atoms with Crippen LogP contribution in [0.5, 0.6) is 0 Å². The highest BCUT2D eigenvalue weighted by atomic mass is 16.5. The molecule has 3 amide bonds. The van der Waals surface area contributed by atoms with Crippen molar-refractivity contribution in [1.29, 1.82) is 0 Å². The number of morpholine rings is 1. The fraction of sp³-hybridized carbons (Fsp3) is 0.600. The number of hydrogen-bond donors (Lipinski definition) is 2. The fourth-order valence-electron chi connectivity index (χ4n) is 7.69. The topological polar surface area (TPSA) is 138 Å². The molecule has 7 atom stereocenters. The number of hydrogen-bond acceptors (Lipinski definition) is 9. The Morgan fingerprint density at radius 3 is 2.51 bits per heavy atom. The lowest BCUT2D eigenvalue weighted by Gasteiger charge is -2.40. The van der Waals surface area contributed by atoms with Crippen LogP contribution >= 0.6 is 0 Å².